The topological polar surface area (TPSA) is 76.9 Å². The molecule has 1 N–H and O–H groups in total. The lowest BCUT2D eigenvalue weighted by Crippen LogP contribution is -2.12. The van der Waals surface area contributed by atoms with E-state index in [0.29, 0.717) is 11.7 Å². The van der Waals surface area contributed by atoms with Gasteiger partial charge in [-0.05, 0) is 31.9 Å². The second-order valence-corrected chi connectivity index (χ2v) is 7.71. The van der Waals surface area contributed by atoms with Gasteiger partial charge in [0.15, 0.2) is 5.13 Å². The Hall–Kier alpha value is -1.93. The van der Waals surface area contributed by atoms with Crippen LogP contribution in [-0.2, 0) is 16.6 Å². The average molecular weight is 336 g/mol. The van der Waals surface area contributed by atoms with E-state index in [1.807, 2.05) is 32.9 Å². The van der Waals surface area contributed by atoms with E-state index in [-0.39, 0.29) is 4.90 Å². The van der Waals surface area contributed by atoms with Crippen LogP contribution in [-0.4, -0.2) is 23.2 Å². The van der Waals surface area contributed by atoms with Gasteiger partial charge >= 0.3 is 0 Å². The van der Waals surface area contributed by atoms with E-state index in [0.717, 1.165) is 21.3 Å². The number of aromatic nitrogens is 3. The number of hydrogen-bond acceptors (Lipinski definition) is 5. The van der Waals surface area contributed by atoms with Crippen molar-refractivity contribution in [2.45, 2.75) is 32.2 Å². The molecule has 3 aromatic rings. The largest absolute Gasteiger partial charge is 0.272 e. The van der Waals surface area contributed by atoms with Crippen LogP contribution in [0.4, 0.5) is 5.13 Å². The minimum absolute atomic E-state index is 0.141. The minimum Gasteiger partial charge on any atom is -0.272 e. The maximum absolute atomic E-state index is 12.4. The molecule has 6 nitrogen and oxygen atoms in total. The first-order valence-electron chi connectivity index (χ1n) is 6.82. The van der Waals surface area contributed by atoms with Crippen LogP contribution in [0.5, 0.6) is 0 Å². The number of rotatable bonds is 4. The molecule has 0 fully saturated rings. The summed E-state index contributed by atoms with van der Waals surface area (Å²) in [6.45, 7) is 6.47. The summed E-state index contributed by atoms with van der Waals surface area (Å²) >= 11 is 1.34. The highest BCUT2D eigenvalue weighted by atomic mass is 32.2. The molecule has 0 aliphatic carbocycles. The summed E-state index contributed by atoms with van der Waals surface area (Å²) in [6, 6.07) is 4.00. The Kier molecular flexibility index (Phi) is 3.65. The molecular weight excluding hydrogens is 320 g/mol. The van der Waals surface area contributed by atoms with E-state index < -0.39 is 10.0 Å². The Morgan fingerprint density at radius 2 is 2.00 bits per heavy atom. The number of sulfonamides is 1. The minimum atomic E-state index is -3.66. The number of anilines is 1. The van der Waals surface area contributed by atoms with Crippen molar-refractivity contribution in [2.75, 3.05) is 4.72 Å². The van der Waals surface area contributed by atoms with Crippen molar-refractivity contribution in [3.8, 4) is 0 Å². The summed E-state index contributed by atoms with van der Waals surface area (Å²) in [4.78, 5) is 4.55. The molecule has 0 aliphatic heterocycles. The molecule has 0 amide bonds. The standard InChI is InChI=1S/C14H16N4O2S2/c1-4-18-8-11(7-15-18)22(19,20)17-14-16-12-9(2)5-6-10(3)13(12)21-14/h5-8H,4H2,1-3H3,(H,16,17). The zero-order valence-electron chi connectivity index (χ0n) is 12.5. The van der Waals surface area contributed by atoms with Crippen molar-refractivity contribution >= 4 is 36.7 Å². The van der Waals surface area contributed by atoms with Gasteiger partial charge in [-0.15, -0.1) is 0 Å². The summed E-state index contributed by atoms with van der Waals surface area (Å²) in [5.74, 6) is 0. The molecule has 0 atom stereocenters. The van der Waals surface area contributed by atoms with E-state index in [1.54, 1.807) is 4.68 Å². The van der Waals surface area contributed by atoms with Crippen molar-refractivity contribution in [1.29, 1.82) is 0 Å². The molecule has 22 heavy (non-hydrogen) atoms. The van der Waals surface area contributed by atoms with Crippen LogP contribution in [0.15, 0.2) is 29.4 Å². The first-order valence-corrected chi connectivity index (χ1v) is 9.12. The Morgan fingerprint density at radius 3 is 2.64 bits per heavy atom. The average Bonchev–Trinajstić information content (AvgIpc) is 3.09. The summed E-state index contributed by atoms with van der Waals surface area (Å²) in [5, 5.41) is 4.37. The third kappa shape index (κ3) is 2.59. The van der Waals surface area contributed by atoms with Gasteiger partial charge in [-0.1, -0.05) is 23.5 Å². The van der Waals surface area contributed by atoms with Gasteiger partial charge in [0, 0.05) is 12.7 Å². The Bertz CT molecular complexity index is 902. The van der Waals surface area contributed by atoms with Crippen LogP contribution in [0.2, 0.25) is 0 Å². The summed E-state index contributed by atoms with van der Waals surface area (Å²) in [5.41, 5.74) is 2.95. The maximum Gasteiger partial charge on any atom is 0.266 e. The second kappa shape index (κ2) is 5.36. The predicted octanol–water partition coefficient (Wildman–Crippen LogP) is 2.93. The van der Waals surface area contributed by atoms with E-state index in [9.17, 15) is 8.42 Å². The number of fused-ring (bicyclic) bond motifs is 1. The molecular formula is C14H16N4O2S2. The van der Waals surface area contributed by atoms with E-state index in [2.05, 4.69) is 14.8 Å². The molecule has 1 aromatic carbocycles. The van der Waals surface area contributed by atoms with Gasteiger partial charge in [-0.25, -0.2) is 13.4 Å². The highest BCUT2D eigenvalue weighted by Crippen LogP contribution is 2.31. The number of nitrogens with one attached hydrogen (secondary N) is 1. The van der Waals surface area contributed by atoms with Crippen LogP contribution < -0.4 is 4.72 Å². The van der Waals surface area contributed by atoms with Crippen molar-refractivity contribution in [2.24, 2.45) is 0 Å². The molecule has 116 valence electrons. The van der Waals surface area contributed by atoms with Crippen molar-refractivity contribution in [3.05, 3.63) is 35.7 Å². The van der Waals surface area contributed by atoms with E-state index >= 15 is 0 Å². The molecule has 0 bridgehead atoms. The van der Waals surface area contributed by atoms with E-state index in [4.69, 9.17) is 0 Å². The number of aryl methyl sites for hydroxylation is 3. The molecule has 2 aromatic heterocycles. The van der Waals surface area contributed by atoms with Crippen LogP contribution in [0.25, 0.3) is 10.2 Å². The summed E-state index contributed by atoms with van der Waals surface area (Å²) < 4.78 is 29.9. The molecule has 0 aliphatic rings. The summed E-state index contributed by atoms with van der Waals surface area (Å²) in [7, 11) is -3.66. The molecule has 3 rings (SSSR count). The van der Waals surface area contributed by atoms with Crippen LogP contribution >= 0.6 is 11.3 Å². The van der Waals surface area contributed by atoms with Crippen LogP contribution in [0, 0.1) is 13.8 Å². The Balaban J connectivity index is 1.98. The van der Waals surface area contributed by atoms with Crippen LogP contribution in [0.1, 0.15) is 18.1 Å². The first kappa shape index (κ1) is 15.0. The smallest absolute Gasteiger partial charge is 0.266 e. The van der Waals surface area contributed by atoms with Gasteiger partial charge in [0.05, 0.1) is 16.4 Å². The number of hydrogen-bond donors (Lipinski definition) is 1. The van der Waals surface area contributed by atoms with Gasteiger partial charge in [0.2, 0.25) is 0 Å². The molecule has 2 heterocycles. The number of thiazole rings is 1. The van der Waals surface area contributed by atoms with Crippen molar-refractivity contribution in [1.82, 2.24) is 14.8 Å². The fourth-order valence-corrected chi connectivity index (χ4v) is 4.33. The molecule has 0 radical (unpaired) electrons. The summed E-state index contributed by atoms with van der Waals surface area (Å²) in [6.07, 6.45) is 2.85. The molecule has 8 heteroatoms. The zero-order valence-corrected chi connectivity index (χ0v) is 14.1. The van der Waals surface area contributed by atoms with E-state index in [1.165, 1.54) is 23.7 Å². The monoisotopic (exact) mass is 336 g/mol. The van der Waals surface area contributed by atoms with Crippen molar-refractivity contribution < 1.29 is 8.42 Å². The third-order valence-corrected chi connectivity index (χ3v) is 5.94. The lowest BCUT2D eigenvalue weighted by atomic mass is 10.1. The quantitative estimate of drug-likeness (QED) is 0.795. The highest BCUT2D eigenvalue weighted by molar-refractivity contribution is 7.93. The van der Waals surface area contributed by atoms with Gasteiger partial charge in [0.25, 0.3) is 10.0 Å². The molecule has 0 saturated heterocycles. The normalized spacial score (nSPS) is 12.0. The van der Waals surface area contributed by atoms with Gasteiger partial charge in [-0.2, -0.15) is 5.10 Å². The lowest BCUT2D eigenvalue weighted by Gasteiger charge is -2.01. The molecule has 0 unspecified atom stereocenters. The second-order valence-electron chi connectivity index (χ2n) is 5.03. The number of benzene rings is 1. The fraction of sp³-hybridized carbons (Fsp3) is 0.286. The molecule has 0 saturated carbocycles. The van der Waals surface area contributed by atoms with Crippen molar-refractivity contribution in [3.63, 3.8) is 0 Å². The first-order chi connectivity index (χ1) is 10.4. The van der Waals surface area contributed by atoms with Crippen LogP contribution in [0.3, 0.4) is 0 Å². The Morgan fingerprint density at radius 1 is 1.27 bits per heavy atom. The fourth-order valence-electron chi connectivity index (χ4n) is 2.13. The van der Waals surface area contributed by atoms with Gasteiger partial charge < -0.3 is 0 Å². The third-order valence-electron chi connectivity index (χ3n) is 3.41. The SMILES string of the molecule is CCn1cc(S(=O)(=O)Nc2nc3c(C)ccc(C)c3s2)cn1. The highest BCUT2D eigenvalue weighted by Gasteiger charge is 2.19. The Labute approximate surface area is 132 Å². The molecule has 0 spiro atoms. The van der Waals surface area contributed by atoms with Gasteiger partial charge in [-0.3, -0.25) is 9.40 Å². The predicted molar refractivity (Wildman–Crippen MR) is 87.8 cm³/mol. The lowest BCUT2D eigenvalue weighted by molar-refractivity contribution is 0.600. The number of nitrogens with zero attached hydrogens (tertiary/aromatic N) is 3. The maximum atomic E-state index is 12.4. The zero-order chi connectivity index (χ0) is 15.9. The van der Waals surface area contributed by atoms with Gasteiger partial charge in [0.1, 0.15) is 4.90 Å².